The zero-order valence-corrected chi connectivity index (χ0v) is 17.9. The first-order valence-electron chi connectivity index (χ1n) is 10.2. The maximum absolute atomic E-state index is 13.2. The van der Waals surface area contributed by atoms with Crippen LogP contribution in [0.25, 0.3) is 17.1 Å². The minimum atomic E-state index is -0.00138. The molecule has 0 amide bonds. The normalized spacial score (nSPS) is 14.6. The Kier molecular flexibility index (Phi) is 5.09. The Morgan fingerprint density at radius 1 is 1.00 bits per heavy atom. The summed E-state index contributed by atoms with van der Waals surface area (Å²) >= 11 is 0.282. The van der Waals surface area contributed by atoms with Crippen molar-refractivity contribution in [2.45, 2.75) is 36.9 Å². The number of imidazole rings is 1. The van der Waals surface area contributed by atoms with Crippen molar-refractivity contribution in [3.63, 3.8) is 0 Å². The van der Waals surface area contributed by atoms with E-state index in [0.717, 1.165) is 32.0 Å². The summed E-state index contributed by atoms with van der Waals surface area (Å²) in [6.45, 7) is 0. The summed E-state index contributed by atoms with van der Waals surface area (Å²) in [6.07, 6.45) is 7.71. The van der Waals surface area contributed by atoms with Crippen molar-refractivity contribution in [1.82, 2.24) is 14.5 Å². The Bertz CT molecular complexity index is 1130. The Hall–Kier alpha value is -2.62. The first kappa shape index (κ1) is 18.4. The Labute approximate surface area is 176 Å². The number of nitrogens with zero attached hydrogens (tertiary/aromatic N) is 2. The number of hydrogen-bond acceptors (Lipinski definition) is 2. The van der Waals surface area contributed by atoms with Crippen molar-refractivity contribution in [2.75, 3.05) is 0 Å². The molecule has 1 N–H and O–H groups in total. The van der Waals surface area contributed by atoms with Crippen LogP contribution in [0.15, 0.2) is 71.7 Å². The molecule has 0 spiro atoms. The van der Waals surface area contributed by atoms with E-state index < -0.39 is 0 Å². The molecule has 0 unspecified atom stereocenters. The average Bonchev–Trinajstić information content (AvgIpc) is 3.38. The van der Waals surface area contributed by atoms with Crippen LogP contribution in [0.2, 0.25) is 4.82 Å². The summed E-state index contributed by atoms with van der Waals surface area (Å²) in [4.78, 5) is 22.4. The van der Waals surface area contributed by atoms with Gasteiger partial charge < -0.3 is 0 Å². The monoisotopic (exact) mass is 449 g/mol. The van der Waals surface area contributed by atoms with Gasteiger partial charge in [0.2, 0.25) is 0 Å². The molecule has 0 bridgehead atoms. The first-order chi connectivity index (χ1) is 14.3. The van der Waals surface area contributed by atoms with Crippen LogP contribution in [0.1, 0.15) is 36.9 Å². The molecular weight excluding hydrogens is 425 g/mol. The van der Waals surface area contributed by atoms with E-state index >= 15 is 0 Å². The van der Waals surface area contributed by atoms with E-state index in [1.807, 2.05) is 54.7 Å². The van der Waals surface area contributed by atoms with Crippen LogP contribution in [0, 0.1) is 0 Å². The molecule has 29 heavy (non-hydrogen) atoms. The molecule has 0 atom stereocenters. The molecule has 5 rings (SSSR count). The molecule has 3 aliphatic rings. The first-order valence-corrected chi connectivity index (χ1v) is 12.0. The molecule has 1 saturated carbocycles. The zero-order valence-electron chi connectivity index (χ0n) is 16.2. The topological polar surface area (TPSA) is 50.7 Å². The predicted octanol–water partition coefficient (Wildman–Crippen LogP) is 3.95. The van der Waals surface area contributed by atoms with Gasteiger partial charge in [-0.05, 0) is 0 Å². The third-order valence-corrected chi connectivity index (χ3v) is 8.31. The Balaban J connectivity index is 1.61. The predicted molar refractivity (Wildman–Crippen MR) is 118 cm³/mol. The van der Waals surface area contributed by atoms with Crippen molar-refractivity contribution in [1.29, 1.82) is 0 Å². The van der Waals surface area contributed by atoms with Gasteiger partial charge in [-0.1, -0.05) is 0 Å². The van der Waals surface area contributed by atoms with Gasteiger partial charge in [-0.3, -0.25) is 0 Å². The third-order valence-electron chi connectivity index (χ3n) is 5.53. The molecule has 4 nitrogen and oxygen atoms in total. The molecule has 5 heteroatoms. The van der Waals surface area contributed by atoms with Gasteiger partial charge >= 0.3 is 177 Å². The van der Waals surface area contributed by atoms with Crippen molar-refractivity contribution >= 4 is 19.5 Å². The molecule has 0 aromatic heterocycles. The van der Waals surface area contributed by atoms with Gasteiger partial charge in [0.25, 0.3) is 0 Å². The second-order valence-electron chi connectivity index (χ2n) is 7.61. The van der Waals surface area contributed by atoms with E-state index in [-0.39, 0.29) is 20.5 Å². The fraction of sp³-hybridized carbons (Fsp3) is 0.250. The fourth-order valence-corrected chi connectivity index (χ4v) is 6.78. The van der Waals surface area contributed by atoms with Crippen molar-refractivity contribution in [3.8, 4) is 17.1 Å². The molecule has 146 valence electrons. The van der Waals surface area contributed by atoms with Crippen LogP contribution >= 0.6 is 0 Å². The number of nitrogens with one attached hydrogen (secondary N) is 1. The van der Waals surface area contributed by atoms with Crippen LogP contribution in [-0.4, -0.2) is 29.5 Å². The molecule has 2 aromatic rings. The van der Waals surface area contributed by atoms with Gasteiger partial charge in [-0.15, -0.1) is 0 Å². The van der Waals surface area contributed by atoms with Gasteiger partial charge in [0, 0.05) is 0 Å². The van der Waals surface area contributed by atoms with Crippen LogP contribution in [0.3, 0.4) is 0 Å². The van der Waals surface area contributed by atoms with E-state index in [4.69, 9.17) is 4.98 Å². The molecule has 1 aliphatic carbocycles. The van der Waals surface area contributed by atoms with Gasteiger partial charge in [0.1, 0.15) is 0 Å². The number of benzene rings is 2. The summed E-state index contributed by atoms with van der Waals surface area (Å²) in [6, 6.07) is 20.3. The van der Waals surface area contributed by atoms with Crippen LogP contribution < -0.4 is 10.2 Å². The van der Waals surface area contributed by atoms with Gasteiger partial charge in [0.05, 0.1) is 0 Å². The number of aromatic amines is 1. The Morgan fingerprint density at radius 2 is 1.69 bits per heavy atom. The average molecular weight is 448 g/mol. The molecule has 1 fully saturated rings. The molecule has 2 aliphatic heterocycles. The summed E-state index contributed by atoms with van der Waals surface area (Å²) in [5.41, 5.74) is 3.81. The standard InChI is InChI=1S/C24H23N3OSe/c28-24-20(15-17-9-3-1-4-10-17)25-22-23(29-19-13-7-8-14-19)26-21(16-27(22)24)18-11-5-2-6-12-18/h1-6,9-12,16,19,26H,7-8,13-15H2. The van der Waals surface area contributed by atoms with Gasteiger partial charge in [-0.2, -0.15) is 0 Å². The molecule has 0 saturated heterocycles. The number of fused-ring (bicyclic) bond motifs is 1. The second-order valence-corrected chi connectivity index (χ2v) is 10.4. The zero-order chi connectivity index (χ0) is 19.6. The molecule has 0 radical (unpaired) electrons. The van der Waals surface area contributed by atoms with E-state index in [1.54, 1.807) is 4.57 Å². The van der Waals surface area contributed by atoms with Gasteiger partial charge in [-0.25, -0.2) is 0 Å². The second kappa shape index (κ2) is 8.02. The quantitative estimate of drug-likeness (QED) is 0.470. The summed E-state index contributed by atoms with van der Waals surface area (Å²) in [5.74, 6) is 0.813. The number of aromatic nitrogens is 3. The van der Waals surface area contributed by atoms with Crippen LogP contribution in [0.5, 0.6) is 0 Å². The van der Waals surface area contributed by atoms with Crippen molar-refractivity contribution in [3.05, 3.63) is 88.5 Å². The van der Waals surface area contributed by atoms with Crippen LogP contribution in [-0.2, 0) is 6.42 Å². The number of H-pyrrole nitrogens is 1. The molecule has 2 aromatic carbocycles. The summed E-state index contributed by atoms with van der Waals surface area (Å²) < 4.78 is 2.91. The third kappa shape index (κ3) is 3.81. The molecule has 2 heterocycles. The fourth-order valence-electron chi connectivity index (χ4n) is 4.01. The number of rotatable bonds is 5. The van der Waals surface area contributed by atoms with E-state index in [2.05, 4.69) is 17.1 Å². The Morgan fingerprint density at radius 3 is 2.41 bits per heavy atom. The molecular formula is C24H23N3OSe. The van der Waals surface area contributed by atoms with E-state index in [0.29, 0.717) is 12.1 Å². The summed E-state index contributed by atoms with van der Waals surface area (Å²) in [5, 5.41) is 0. The van der Waals surface area contributed by atoms with E-state index in [9.17, 15) is 4.79 Å². The van der Waals surface area contributed by atoms with Gasteiger partial charge in [0.15, 0.2) is 0 Å². The maximum atomic E-state index is 13.2. The number of hydrogen-bond donors (Lipinski definition) is 1. The van der Waals surface area contributed by atoms with Crippen molar-refractivity contribution < 1.29 is 0 Å². The van der Waals surface area contributed by atoms with E-state index in [1.165, 1.54) is 25.7 Å². The minimum absolute atomic E-state index is 0.00138. The summed E-state index contributed by atoms with van der Waals surface area (Å²) in [7, 11) is 0. The SMILES string of the molecule is O=c1c(Cc2ccccc2)nc2c([Se]C3CCCC3)[nH]c(-c3ccccc3)cn1-2. The van der Waals surface area contributed by atoms with Crippen molar-refractivity contribution in [2.24, 2.45) is 0 Å². The van der Waals surface area contributed by atoms with Crippen LogP contribution in [0.4, 0.5) is 0 Å².